The fraction of sp³-hybridized carbons (Fsp3) is 0.292. The van der Waals surface area contributed by atoms with Crippen LogP contribution in [0.3, 0.4) is 0 Å². The number of thiophene rings is 1. The second-order valence-corrected chi connectivity index (χ2v) is 9.46. The first-order chi connectivity index (χ1) is 16.0. The van der Waals surface area contributed by atoms with E-state index in [1.54, 1.807) is 41.0 Å². The number of carbonyl (C=O) groups excluding carboxylic acids is 1. The van der Waals surface area contributed by atoms with Crippen LogP contribution >= 0.6 is 23.1 Å². The molecule has 3 heterocycles. The van der Waals surface area contributed by atoms with Crippen molar-refractivity contribution in [2.45, 2.75) is 38.0 Å². The molecular weight excluding hydrogens is 461 g/mol. The number of benzene rings is 1. The van der Waals surface area contributed by atoms with Gasteiger partial charge in [-0.2, -0.15) is 0 Å². The first-order valence-electron chi connectivity index (χ1n) is 10.6. The normalized spacial score (nSPS) is 11.2. The average Bonchev–Trinajstić information content (AvgIpc) is 3.47. The Morgan fingerprint density at radius 1 is 1.27 bits per heavy atom. The molecule has 0 N–H and O–H groups in total. The summed E-state index contributed by atoms with van der Waals surface area (Å²) in [5.74, 6) is 0.475. The summed E-state index contributed by atoms with van der Waals surface area (Å²) in [5.41, 5.74) is 1.40. The number of rotatable bonds is 9. The van der Waals surface area contributed by atoms with Crippen molar-refractivity contribution in [3.8, 4) is 11.1 Å². The van der Waals surface area contributed by atoms with E-state index < -0.39 is 0 Å². The lowest BCUT2D eigenvalue weighted by atomic mass is 10.1. The molecule has 0 unspecified atom stereocenters. The van der Waals surface area contributed by atoms with E-state index in [0.717, 1.165) is 24.0 Å². The standard InChI is InChI=1S/C24H24FN3O3S2/c1-3-4-11-28-23(30)21-19(16-7-9-17(25)10-8-16)14-32-22(21)26-24(28)33-15-20(29)27(2)13-18-6-5-12-31-18/h5-10,12,14H,3-4,11,13,15H2,1-2H3. The number of halogens is 1. The molecule has 0 aliphatic rings. The predicted octanol–water partition coefficient (Wildman–Crippen LogP) is 5.41. The summed E-state index contributed by atoms with van der Waals surface area (Å²) in [6.45, 7) is 2.97. The minimum absolute atomic E-state index is 0.0778. The van der Waals surface area contributed by atoms with Gasteiger partial charge in [-0.15, -0.1) is 11.3 Å². The smallest absolute Gasteiger partial charge is 0.263 e. The van der Waals surface area contributed by atoms with Crippen LogP contribution < -0.4 is 5.56 Å². The maximum absolute atomic E-state index is 13.5. The number of unbranched alkanes of at least 4 members (excludes halogenated alkanes) is 1. The highest BCUT2D eigenvalue weighted by Gasteiger charge is 2.19. The van der Waals surface area contributed by atoms with Gasteiger partial charge in [-0.1, -0.05) is 37.2 Å². The average molecular weight is 486 g/mol. The molecule has 1 amide bonds. The lowest BCUT2D eigenvalue weighted by Gasteiger charge is -2.16. The van der Waals surface area contributed by atoms with Crippen molar-refractivity contribution in [1.82, 2.24) is 14.5 Å². The minimum atomic E-state index is -0.322. The SMILES string of the molecule is CCCCn1c(SCC(=O)N(C)Cc2ccco2)nc2scc(-c3ccc(F)cc3)c2c1=O. The summed E-state index contributed by atoms with van der Waals surface area (Å²) in [4.78, 5) is 33.1. The van der Waals surface area contributed by atoms with Gasteiger partial charge in [-0.25, -0.2) is 9.37 Å². The molecule has 0 atom stereocenters. The Kier molecular flexibility index (Phi) is 7.29. The molecule has 4 aromatic rings. The van der Waals surface area contributed by atoms with Gasteiger partial charge in [0.25, 0.3) is 5.56 Å². The summed E-state index contributed by atoms with van der Waals surface area (Å²) in [6, 6.07) is 9.72. The Morgan fingerprint density at radius 2 is 2.06 bits per heavy atom. The molecule has 0 saturated heterocycles. The van der Waals surface area contributed by atoms with E-state index in [0.29, 0.717) is 34.2 Å². The van der Waals surface area contributed by atoms with Crippen molar-refractivity contribution >= 4 is 39.2 Å². The van der Waals surface area contributed by atoms with E-state index in [-0.39, 0.29) is 23.0 Å². The Hall–Kier alpha value is -2.91. The van der Waals surface area contributed by atoms with Crippen LogP contribution in [0.2, 0.25) is 0 Å². The second kappa shape index (κ2) is 10.4. The molecule has 0 saturated carbocycles. The molecular formula is C24H24FN3O3S2. The summed E-state index contributed by atoms with van der Waals surface area (Å²) in [7, 11) is 1.72. The van der Waals surface area contributed by atoms with Crippen LogP contribution in [0.5, 0.6) is 0 Å². The number of furan rings is 1. The zero-order valence-electron chi connectivity index (χ0n) is 18.4. The highest BCUT2D eigenvalue weighted by atomic mass is 32.2. The number of carbonyl (C=O) groups is 1. The van der Waals surface area contributed by atoms with E-state index in [2.05, 4.69) is 6.92 Å². The molecule has 3 aromatic heterocycles. The summed E-state index contributed by atoms with van der Waals surface area (Å²) >= 11 is 2.65. The Bertz CT molecular complexity index is 1300. The topological polar surface area (TPSA) is 68.3 Å². The quantitative estimate of drug-likeness (QED) is 0.234. The number of aromatic nitrogens is 2. The second-order valence-electron chi connectivity index (χ2n) is 7.66. The van der Waals surface area contributed by atoms with E-state index in [1.807, 2.05) is 11.4 Å². The number of thioether (sulfide) groups is 1. The van der Waals surface area contributed by atoms with E-state index in [9.17, 15) is 14.0 Å². The molecule has 4 rings (SSSR count). The number of fused-ring (bicyclic) bond motifs is 1. The summed E-state index contributed by atoms with van der Waals surface area (Å²) < 4.78 is 20.4. The van der Waals surface area contributed by atoms with Crippen molar-refractivity contribution in [2.24, 2.45) is 0 Å². The molecule has 33 heavy (non-hydrogen) atoms. The molecule has 0 aliphatic carbocycles. The first kappa shape index (κ1) is 23.3. The third-order valence-corrected chi connectivity index (χ3v) is 7.11. The van der Waals surface area contributed by atoms with Crippen molar-refractivity contribution < 1.29 is 13.6 Å². The Morgan fingerprint density at radius 3 is 2.76 bits per heavy atom. The Labute approximate surface area is 199 Å². The van der Waals surface area contributed by atoms with Gasteiger partial charge in [0, 0.05) is 24.5 Å². The minimum Gasteiger partial charge on any atom is -0.467 e. The fourth-order valence-corrected chi connectivity index (χ4v) is 5.39. The maximum atomic E-state index is 13.5. The molecule has 0 fully saturated rings. The highest BCUT2D eigenvalue weighted by molar-refractivity contribution is 7.99. The van der Waals surface area contributed by atoms with Gasteiger partial charge < -0.3 is 9.32 Å². The van der Waals surface area contributed by atoms with Gasteiger partial charge in [-0.3, -0.25) is 14.2 Å². The van der Waals surface area contributed by atoms with E-state index in [4.69, 9.17) is 9.40 Å². The monoisotopic (exact) mass is 485 g/mol. The molecule has 1 aromatic carbocycles. The molecule has 0 spiro atoms. The van der Waals surface area contributed by atoms with Crippen LogP contribution in [0, 0.1) is 5.82 Å². The van der Waals surface area contributed by atoms with Crippen molar-refractivity contribution in [3.05, 3.63) is 70.0 Å². The van der Waals surface area contributed by atoms with Gasteiger partial charge in [0.2, 0.25) is 5.91 Å². The zero-order chi connectivity index (χ0) is 23.4. The molecule has 172 valence electrons. The number of amides is 1. The largest absolute Gasteiger partial charge is 0.467 e. The van der Waals surface area contributed by atoms with Gasteiger partial charge in [-0.05, 0) is 36.2 Å². The maximum Gasteiger partial charge on any atom is 0.263 e. The molecule has 0 bridgehead atoms. The lowest BCUT2D eigenvalue weighted by molar-refractivity contribution is -0.127. The van der Waals surface area contributed by atoms with E-state index in [1.165, 1.54) is 35.2 Å². The fourth-order valence-electron chi connectivity index (χ4n) is 3.43. The third kappa shape index (κ3) is 5.20. The third-order valence-electron chi connectivity index (χ3n) is 5.27. The molecule has 0 radical (unpaired) electrons. The molecule has 6 nitrogen and oxygen atoms in total. The van der Waals surface area contributed by atoms with Crippen LogP contribution in [0.25, 0.3) is 21.3 Å². The summed E-state index contributed by atoms with van der Waals surface area (Å²) in [5, 5.41) is 2.95. The molecule has 9 heteroatoms. The lowest BCUT2D eigenvalue weighted by Crippen LogP contribution is -2.28. The van der Waals surface area contributed by atoms with E-state index >= 15 is 0 Å². The number of hydrogen-bond acceptors (Lipinski definition) is 6. The predicted molar refractivity (Wildman–Crippen MR) is 130 cm³/mol. The summed E-state index contributed by atoms with van der Waals surface area (Å²) in [6.07, 6.45) is 3.33. The van der Waals surface area contributed by atoms with Crippen LogP contribution in [0.1, 0.15) is 25.5 Å². The van der Waals surface area contributed by atoms with Gasteiger partial charge in [0.15, 0.2) is 5.16 Å². The van der Waals surface area contributed by atoms with Crippen molar-refractivity contribution in [3.63, 3.8) is 0 Å². The van der Waals surface area contributed by atoms with Crippen LogP contribution in [-0.2, 0) is 17.9 Å². The Balaban J connectivity index is 1.62. The van der Waals surface area contributed by atoms with Crippen molar-refractivity contribution in [1.29, 1.82) is 0 Å². The van der Waals surface area contributed by atoms with Crippen LogP contribution in [-0.4, -0.2) is 33.2 Å². The number of hydrogen-bond donors (Lipinski definition) is 0. The van der Waals surface area contributed by atoms with Gasteiger partial charge >= 0.3 is 0 Å². The van der Waals surface area contributed by atoms with Crippen LogP contribution in [0.15, 0.2) is 62.4 Å². The van der Waals surface area contributed by atoms with Gasteiger partial charge in [0.05, 0.1) is 23.9 Å². The van der Waals surface area contributed by atoms with Gasteiger partial charge in [0.1, 0.15) is 16.4 Å². The van der Waals surface area contributed by atoms with Crippen LogP contribution in [0.4, 0.5) is 4.39 Å². The molecule has 0 aliphatic heterocycles. The number of nitrogens with zero attached hydrogens (tertiary/aromatic N) is 3. The first-order valence-corrected chi connectivity index (χ1v) is 12.5. The zero-order valence-corrected chi connectivity index (χ0v) is 20.0. The van der Waals surface area contributed by atoms with Crippen molar-refractivity contribution in [2.75, 3.05) is 12.8 Å². The highest BCUT2D eigenvalue weighted by Crippen LogP contribution is 2.32.